The molecule has 0 amide bonds. The normalized spacial score (nSPS) is 14.3. The van der Waals surface area contributed by atoms with Crippen LogP contribution in [0.1, 0.15) is 374 Å². The Kier molecular flexibility index (Phi) is 74.6. The second kappa shape index (κ2) is 77.4. The first-order valence-electron chi connectivity index (χ1n) is 41.8. The third kappa shape index (κ3) is 76.4. The minimum absolute atomic E-state index is 0.0859. The first-order valence-corrected chi connectivity index (χ1v) is 44.8. The van der Waals surface area contributed by atoms with Crippen molar-refractivity contribution in [3.8, 4) is 0 Å². The number of carbonyl (C=O) groups is 4. The van der Waals surface area contributed by atoms with Crippen LogP contribution in [-0.2, 0) is 65.4 Å². The number of unbranched alkanes of at least 4 members (excludes halogenated alkanes) is 39. The summed E-state index contributed by atoms with van der Waals surface area (Å²) in [4.78, 5) is 73.1. The van der Waals surface area contributed by atoms with Crippen molar-refractivity contribution in [3.63, 3.8) is 0 Å². The molecule has 604 valence electrons. The van der Waals surface area contributed by atoms with Crippen molar-refractivity contribution in [1.82, 2.24) is 0 Å². The lowest BCUT2D eigenvalue weighted by Crippen LogP contribution is -2.30. The summed E-state index contributed by atoms with van der Waals surface area (Å²) < 4.78 is 68.7. The van der Waals surface area contributed by atoms with Crippen molar-refractivity contribution in [2.75, 3.05) is 39.6 Å². The highest BCUT2D eigenvalue weighted by Crippen LogP contribution is 2.45. The Balaban J connectivity index is 5.37. The summed E-state index contributed by atoms with van der Waals surface area (Å²) in [6.07, 6.45) is 81.2. The zero-order valence-electron chi connectivity index (χ0n) is 66.2. The number of ether oxygens (including phenoxy) is 4. The molecule has 5 atom stereocenters. The number of hydrogen-bond donors (Lipinski definition) is 3. The van der Waals surface area contributed by atoms with Gasteiger partial charge in [0.15, 0.2) is 12.2 Å². The summed E-state index contributed by atoms with van der Waals surface area (Å²) in [6, 6.07) is 0. The highest BCUT2D eigenvalue weighted by atomic mass is 31.2. The quantitative estimate of drug-likeness (QED) is 0.0169. The second-order valence-corrected chi connectivity index (χ2v) is 30.9. The SMILES string of the molecule is CC/C=C\C/C=C\C/C=C\C/C=C\C/C=C\CCCCCC(=O)OCC(COP(=O)(O)OCC(O)COP(=O)(O)OCC(COC(=O)CCCCCCC/C=C\CCCCCCCC)OC(=O)CCCCCCC/C=C\CCCCCCCC)OC(=O)CCCCCCCCCCCCCCCCC. The van der Waals surface area contributed by atoms with Gasteiger partial charge in [0.25, 0.3) is 0 Å². The van der Waals surface area contributed by atoms with E-state index in [0.717, 1.165) is 154 Å². The van der Waals surface area contributed by atoms with E-state index in [9.17, 15) is 43.2 Å². The van der Waals surface area contributed by atoms with E-state index >= 15 is 0 Å². The van der Waals surface area contributed by atoms with Crippen molar-refractivity contribution < 1.29 is 80.2 Å². The molecule has 5 unspecified atom stereocenters. The molecule has 0 rings (SSSR count). The van der Waals surface area contributed by atoms with Crippen LogP contribution in [0.5, 0.6) is 0 Å². The Morgan fingerprint density at radius 1 is 0.279 bits per heavy atom. The number of carbonyl (C=O) groups excluding carboxylic acids is 4. The number of rotatable bonds is 79. The van der Waals surface area contributed by atoms with Gasteiger partial charge in [-0.1, -0.05) is 312 Å². The van der Waals surface area contributed by atoms with Gasteiger partial charge in [0.2, 0.25) is 0 Å². The molecule has 0 aliphatic rings. The van der Waals surface area contributed by atoms with Gasteiger partial charge in [-0.2, -0.15) is 0 Å². The summed E-state index contributed by atoms with van der Waals surface area (Å²) in [7, 11) is -9.96. The van der Waals surface area contributed by atoms with Gasteiger partial charge in [0, 0.05) is 25.7 Å². The number of phosphoric ester groups is 2. The topological polar surface area (TPSA) is 237 Å². The van der Waals surface area contributed by atoms with Crippen LogP contribution in [0.2, 0.25) is 0 Å². The second-order valence-electron chi connectivity index (χ2n) is 28.0. The van der Waals surface area contributed by atoms with Gasteiger partial charge in [-0.15, -0.1) is 0 Å². The van der Waals surface area contributed by atoms with Crippen molar-refractivity contribution in [3.05, 3.63) is 85.1 Å². The molecule has 3 N–H and O–H groups in total. The monoisotopic (exact) mass is 1510 g/mol. The van der Waals surface area contributed by atoms with Crippen LogP contribution in [0.4, 0.5) is 0 Å². The van der Waals surface area contributed by atoms with E-state index < -0.39 is 97.5 Å². The first kappa shape index (κ1) is 100. The molecular weight excluding hydrogens is 1350 g/mol. The number of aliphatic hydroxyl groups is 1. The van der Waals surface area contributed by atoms with Gasteiger partial charge in [-0.25, -0.2) is 9.13 Å². The molecular formula is C85H152O17P2. The van der Waals surface area contributed by atoms with Crippen LogP contribution >= 0.6 is 15.6 Å². The van der Waals surface area contributed by atoms with Crippen molar-refractivity contribution in [2.24, 2.45) is 0 Å². The number of allylic oxidation sites excluding steroid dienone is 14. The number of aliphatic hydroxyl groups excluding tert-OH is 1. The molecule has 0 aromatic rings. The highest BCUT2D eigenvalue weighted by molar-refractivity contribution is 7.47. The Morgan fingerprint density at radius 2 is 0.500 bits per heavy atom. The molecule has 0 spiro atoms. The molecule has 0 saturated carbocycles. The Hall–Kier alpha value is -3.76. The number of esters is 4. The predicted molar refractivity (Wildman–Crippen MR) is 427 cm³/mol. The third-order valence-corrected chi connectivity index (χ3v) is 19.7. The van der Waals surface area contributed by atoms with E-state index in [0.29, 0.717) is 25.7 Å². The van der Waals surface area contributed by atoms with Gasteiger partial charge in [-0.05, 0) is 122 Å². The molecule has 0 bridgehead atoms. The maximum atomic E-state index is 13.1. The van der Waals surface area contributed by atoms with Crippen molar-refractivity contribution in [1.29, 1.82) is 0 Å². The zero-order chi connectivity index (χ0) is 76.0. The maximum Gasteiger partial charge on any atom is 0.472 e. The van der Waals surface area contributed by atoms with Crippen LogP contribution in [0.25, 0.3) is 0 Å². The molecule has 0 fully saturated rings. The highest BCUT2D eigenvalue weighted by Gasteiger charge is 2.30. The van der Waals surface area contributed by atoms with Gasteiger partial charge in [0.05, 0.1) is 26.4 Å². The Labute approximate surface area is 634 Å². The predicted octanol–water partition coefficient (Wildman–Crippen LogP) is 24.6. The molecule has 0 aromatic heterocycles. The van der Waals surface area contributed by atoms with Crippen LogP contribution in [0, 0.1) is 0 Å². The maximum absolute atomic E-state index is 13.1. The van der Waals surface area contributed by atoms with Gasteiger partial charge >= 0.3 is 39.5 Å². The fourth-order valence-corrected chi connectivity index (χ4v) is 13.1. The van der Waals surface area contributed by atoms with Gasteiger partial charge < -0.3 is 33.8 Å². The Morgan fingerprint density at radius 3 is 0.788 bits per heavy atom. The van der Waals surface area contributed by atoms with Crippen LogP contribution < -0.4 is 0 Å². The van der Waals surface area contributed by atoms with E-state index in [1.54, 1.807) is 0 Å². The van der Waals surface area contributed by atoms with E-state index in [1.165, 1.54) is 141 Å². The third-order valence-electron chi connectivity index (χ3n) is 17.8. The zero-order valence-corrected chi connectivity index (χ0v) is 68.0. The fourth-order valence-electron chi connectivity index (χ4n) is 11.5. The minimum atomic E-state index is -4.98. The van der Waals surface area contributed by atoms with E-state index in [2.05, 4.69) is 113 Å². The lowest BCUT2D eigenvalue weighted by atomic mass is 10.0. The summed E-state index contributed by atoms with van der Waals surface area (Å²) in [6.45, 7) is 4.77. The van der Waals surface area contributed by atoms with Crippen LogP contribution in [0.3, 0.4) is 0 Å². The van der Waals surface area contributed by atoms with E-state index in [4.69, 9.17) is 37.0 Å². The number of phosphoric acid groups is 2. The smallest absolute Gasteiger partial charge is 0.462 e. The van der Waals surface area contributed by atoms with Gasteiger partial charge in [0.1, 0.15) is 19.3 Å². The molecule has 19 heteroatoms. The average Bonchev–Trinajstić information content (AvgIpc) is 0.918. The molecule has 0 saturated heterocycles. The summed E-state index contributed by atoms with van der Waals surface area (Å²) in [5.74, 6) is -2.20. The summed E-state index contributed by atoms with van der Waals surface area (Å²) in [5.41, 5.74) is 0. The van der Waals surface area contributed by atoms with E-state index in [-0.39, 0.29) is 25.7 Å². The van der Waals surface area contributed by atoms with Crippen LogP contribution in [-0.4, -0.2) is 96.7 Å². The molecule has 0 aliphatic carbocycles. The van der Waals surface area contributed by atoms with Crippen molar-refractivity contribution in [2.45, 2.75) is 393 Å². The largest absolute Gasteiger partial charge is 0.472 e. The van der Waals surface area contributed by atoms with E-state index in [1.807, 2.05) is 0 Å². The standard InChI is InChI=1S/C85H152O17P2/c1-5-9-13-17-21-25-29-33-37-38-39-40-44-46-50-54-58-62-66-70-83(88)96-76-81(102-85(90)72-68-64-60-56-52-48-43-36-32-28-24-20-16-12-8-4)78-100-104(93,94)98-74-79(86)73-97-103(91,92)99-77-80(101-84(89)71-67-63-59-55-51-47-42-35-31-27-23-19-15-11-7-3)75-95-82(87)69-65-61-57-53-49-45-41-34-30-26-22-18-14-10-6-2/h9,13,21,25,33-35,37,39-42,46,50,79-81,86H,5-8,10-12,14-20,22-24,26-32,36,38,43-45,47-49,51-78H2,1-4H3,(H,91,92)(H,93,94)/b13-9-,25-21-,37-33-,40-39-,41-34-,42-35-,50-46-. The molecule has 104 heavy (non-hydrogen) atoms. The Bertz CT molecular complexity index is 2300. The molecule has 17 nitrogen and oxygen atoms in total. The fraction of sp³-hybridized carbons (Fsp3) is 0.788. The van der Waals surface area contributed by atoms with Crippen LogP contribution in [0.15, 0.2) is 85.1 Å². The molecule has 0 radical (unpaired) electrons. The molecule has 0 aromatic carbocycles. The molecule has 0 aliphatic heterocycles. The first-order chi connectivity index (χ1) is 50.7. The average molecular weight is 1510 g/mol. The van der Waals surface area contributed by atoms with Crippen molar-refractivity contribution >= 4 is 39.5 Å². The summed E-state index contributed by atoms with van der Waals surface area (Å²) in [5, 5.41) is 10.7. The summed E-state index contributed by atoms with van der Waals surface area (Å²) >= 11 is 0. The number of hydrogen-bond acceptors (Lipinski definition) is 15. The minimum Gasteiger partial charge on any atom is -0.462 e. The lowest BCUT2D eigenvalue weighted by Gasteiger charge is -2.21. The van der Waals surface area contributed by atoms with Gasteiger partial charge in [-0.3, -0.25) is 37.3 Å². The lowest BCUT2D eigenvalue weighted by molar-refractivity contribution is -0.161. The molecule has 0 heterocycles.